The van der Waals surface area contributed by atoms with Crippen LogP contribution in [0.1, 0.15) is 24.2 Å². The summed E-state index contributed by atoms with van der Waals surface area (Å²) in [5, 5.41) is 7.40. The number of rotatable bonds is 7. The zero-order chi connectivity index (χ0) is 30.7. The number of halogens is 3. The highest BCUT2D eigenvalue weighted by Gasteiger charge is 2.33. The summed E-state index contributed by atoms with van der Waals surface area (Å²) in [7, 11) is 1.59. The second-order valence-electron chi connectivity index (χ2n) is 9.41. The number of nitrogens with one attached hydrogen (secondary N) is 1. The van der Waals surface area contributed by atoms with Crippen molar-refractivity contribution in [1.82, 2.24) is 14.8 Å². The highest BCUT2D eigenvalue weighted by Crippen LogP contribution is 2.37. The minimum absolute atomic E-state index is 0.0748. The summed E-state index contributed by atoms with van der Waals surface area (Å²) >= 11 is 1.00. The van der Waals surface area contributed by atoms with Gasteiger partial charge in [0.25, 0.3) is 0 Å². The number of ether oxygens (including phenoxy) is 1. The van der Waals surface area contributed by atoms with Crippen molar-refractivity contribution in [3.63, 3.8) is 0 Å². The first-order valence-electron chi connectivity index (χ1n) is 12.9. The Morgan fingerprint density at radius 3 is 2.51 bits per heavy atom. The van der Waals surface area contributed by atoms with E-state index in [4.69, 9.17) is 4.74 Å². The van der Waals surface area contributed by atoms with Gasteiger partial charge in [-0.2, -0.15) is 18.2 Å². The number of amides is 3. The Morgan fingerprint density at radius 2 is 1.84 bits per heavy atom. The third-order valence-corrected chi connectivity index (χ3v) is 8.06. The quantitative estimate of drug-likeness (QED) is 0.216. The largest absolute Gasteiger partial charge is 0.446 e. The fourth-order valence-electron chi connectivity index (χ4n) is 4.26. The summed E-state index contributed by atoms with van der Waals surface area (Å²) < 4.78 is 44.7. The molecule has 9 nitrogen and oxygen atoms in total. The summed E-state index contributed by atoms with van der Waals surface area (Å²) in [6.45, 7) is 3.80. The standard InChI is InChI=1S/C29H25F3N6O3S2/c1-17-4-13-23(18(2)41-3)24(14-17)38-25(39)15-42-28(38)35-27(40)34-20-7-5-19(6-8-20)26-33-16-37(36-26)21-9-11-22(12-10-21)43-29(30,31)32/h4-14,16,18H,15H2,1-3H3,(H,34,40)/b35-28-. The lowest BCUT2D eigenvalue weighted by Crippen LogP contribution is -2.31. The van der Waals surface area contributed by atoms with Crippen molar-refractivity contribution < 1.29 is 27.5 Å². The minimum atomic E-state index is -4.36. The molecule has 0 saturated carbocycles. The number of methoxy groups -OCH3 is 1. The van der Waals surface area contributed by atoms with Crippen molar-refractivity contribution in [3.8, 4) is 17.1 Å². The molecule has 1 saturated heterocycles. The van der Waals surface area contributed by atoms with Crippen molar-refractivity contribution >= 4 is 52.0 Å². The van der Waals surface area contributed by atoms with Crippen molar-refractivity contribution in [2.24, 2.45) is 4.99 Å². The number of aliphatic imine (C=N–C) groups is 1. The van der Waals surface area contributed by atoms with Crippen molar-refractivity contribution in [3.05, 3.63) is 84.2 Å². The molecule has 1 aliphatic heterocycles. The lowest BCUT2D eigenvalue weighted by Gasteiger charge is -2.23. The molecule has 0 radical (unpaired) electrons. The third kappa shape index (κ3) is 7.27. The van der Waals surface area contributed by atoms with E-state index in [1.54, 1.807) is 31.4 Å². The number of anilines is 2. The van der Waals surface area contributed by atoms with E-state index in [1.807, 2.05) is 32.0 Å². The number of benzene rings is 3. The molecule has 1 fully saturated rings. The van der Waals surface area contributed by atoms with E-state index in [0.717, 1.165) is 11.1 Å². The molecule has 5 rings (SSSR count). The van der Waals surface area contributed by atoms with Gasteiger partial charge >= 0.3 is 11.5 Å². The summed E-state index contributed by atoms with van der Waals surface area (Å²) in [4.78, 5) is 35.7. The number of aryl methyl sites for hydroxylation is 1. The van der Waals surface area contributed by atoms with Gasteiger partial charge in [0.2, 0.25) is 5.91 Å². The first-order chi connectivity index (χ1) is 20.5. The predicted molar refractivity (Wildman–Crippen MR) is 162 cm³/mol. The minimum Gasteiger partial charge on any atom is -0.377 e. The number of amidine groups is 1. The smallest absolute Gasteiger partial charge is 0.377 e. The Balaban J connectivity index is 1.28. The van der Waals surface area contributed by atoms with Crippen LogP contribution in [0.5, 0.6) is 0 Å². The first-order valence-corrected chi connectivity index (χ1v) is 14.7. The maximum Gasteiger partial charge on any atom is 0.446 e. The van der Waals surface area contributed by atoms with Gasteiger partial charge in [0.1, 0.15) is 6.33 Å². The van der Waals surface area contributed by atoms with Crippen LogP contribution < -0.4 is 10.2 Å². The first kappa shape index (κ1) is 30.3. The highest BCUT2D eigenvalue weighted by molar-refractivity contribution is 8.15. The van der Waals surface area contributed by atoms with Gasteiger partial charge in [0.05, 0.1) is 23.2 Å². The normalized spacial score (nSPS) is 15.3. The van der Waals surface area contributed by atoms with Gasteiger partial charge < -0.3 is 10.1 Å². The maximum atomic E-state index is 12.8. The lowest BCUT2D eigenvalue weighted by atomic mass is 10.0. The van der Waals surface area contributed by atoms with Crippen LogP contribution in [0, 0.1) is 6.92 Å². The monoisotopic (exact) mass is 626 g/mol. The molecule has 0 bridgehead atoms. The van der Waals surface area contributed by atoms with E-state index >= 15 is 0 Å². The fourth-order valence-corrected chi connectivity index (χ4v) is 5.66. The average Bonchev–Trinajstić information content (AvgIpc) is 3.59. The molecule has 43 heavy (non-hydrogen) atoms. The second kappa shape index (κ2) is 12.6. The predicted octanol–water partition coefficient (Wildman–Crippen LogP) is 7.23. The molecule has 222 valence electrons. The van der Waals surface area contributed by atoms with Crippen LogP contribution in [0.25, 0.3) is 17.1 Å². The van der Waals surface area contributed by atoms with Gasteiger partial charge in [0.15, 0.2) is 11.0 Å². The van der Waals surface area contributed by atoms with E-state index in [0.29, 0.717) is 28.5 Å². The van der Waals surface area contributed by atoms with Crippen LogP contribution >= 0.6 is 23.5 Å². The Morgan fingerprint density at radius 1 is 1.12 bits per heavy atom. The van der Waals surface area contributed by atoms with Crippen molar-refractivity contribution in [1.29, 1.82) is 0 Å². The van der Waals surface area contributed by atoms with Gasteiger partial charge in [-0.25, -0.2) is 14.5 Å². The third-order valence-electron chi connectivity index (χ3n) is 6.40. The number of carbonyl (C=O) groups excluding carboxylic acids is 2. The van der Waals surface area contributed by atoms with Crippen LogP contribution in [0.4, 0.5) is 29.3 Å². The zero-order valence-electron chi connectivity index (χ0n) is 23.1. The van der Waals surface area contributed by atoms with Crippen LogP contribution in [-0.2, 0) is 9.53 Å². The number of nitrogens with zero attached hydrogens (tertiary/aromatic N) is 5. The zero-order valence-corrected chi connectivity index (χ0v) is 24.8. The van der Waals surface area contributed by atoms with Gasteiger partial charge in [-0.05, 0) is 85.8 Å². The topological polar surface area (TPSA) is 102 Å². The summed E-state index contributed by atoms with van der Waals surface area (Å²) in [5.41, 5.74) is -0.281. The Kier molecular flexibility index (Phi) is 8.89. The summed E-state index contributed by atoms with van der Waals surface area (Å²) in [6, 6.07) is 17.6. The Hall–Kier alpha value is -4.14. The molecule has 1 aliphatic rings. The number of alkyl halides is 3. The second-order valence-corrected chi connectivity index (χ2v) is 11.5. The van der Waals surface area contributed by atoms with Crippen LogP contribution in [0.3, 0.4) is 0 Å². The molecule has 2 heterocycles. The number of urea groups is 1. The van der Waals surface area contributed by atoms with Crippen LogP contribution in [0.15, 0.2) is 82.9 Å². The lowest BCUT2D eigenvalue weighted by molar-refractivity contribution is -0.115. The van der Waals surface area contributed by atoms with Crippen LogP contribution in [0.2, 0.25) is 0 Å². The SMILES string of the molecule is COC(C)c1ccc(C)cc1N1C(=O)CS/C1=N\C(=O)Nc1ccc(-c2ncn(-c3ccc(SC(F)(F)F)cc3)n2)cc1. The van der Waals surface area contributed by atoms with E-state index in [1.165, 1.54) is 51.9 Å². The maximum absolute atomic E-state index is 12.8. The molecule has 4 aromatic rings. The van der Waals surface area contributed by atoms with Crippen LogP contribution in [-0.4, -0.2) is 50.2 Å². The van der Waals surface area contributed by atoms with Gasteiger partial charge in [-0.1, -0.05) is 23.9 Å². The van der Waals surface area contributed by atoms with Gasteiger partial charge in [-0.15, -0.1) is 5.10 Å². The number of aromatic nitrogens is 3. The molecular formula is C29H25F3N6O3S2. The molecule has 1 N–H and O–H groups in total. The summed E-state index contributed by atoms with van der Waals surface area (Å²) in [6.07, 6.45) is 1.19. The molecule has 3 aromatic carbocycles. The Bertz CT molecular complexity index is 1670. The molecule has 1 aromatic heterocycles. The molecular weight excluding hydrogens is 601 g/mol. The molecule has 14 heteroatoms. The Labute approximate surface area is 253 Å². The number of hydrogen-bond donors (Lipinski definition) is 1. The van der Waals surface area contributed by atoms with E-state index in [9.17, 15) is 22.8 Å². The van der Waals surface area contributed by atoms with E-state index in [-0.39, 0.29) is 39.6 Å². The average molecular weight is 627 g/mol. The van der Waals surface area contributed by atoms with Crippen molar-refractivity contribution in [2.45, 2.75) is 30.4 Å². The molecule has 0 aliphatic carbocycles. The summed E-state index contributed by atoms with van der Waals surface area (Å²) in [5.74, 6) is 0.369. The number of hydrogen-bond acceptors (Lipinski definition) is 7. The fraction of sp³-hybridized carbons (Fsp3) is 0.207. The number of thioether (sulfide) groups is 2. The van der Waals surface area contributed by atoms with Gasteiger partial charge in [0, 0.05) is 28.8 Å². The van der Waals surface area contributed by atoms with Gasteiger partial charge in [-0.3, -0.25) is 9.69 Å². The number of carbonyl (C=O) groups is 2. The van der Waals surface area contributed by atoms with E-state index in [2.05, 4.69) is 20.4 Å². The molecule has 1 unspecified atom stereocenters. The van der Waals surface area contributed by atoms with E-state index < -0.39 is 11.5 Å². The molecule has 3 amide bonds. The molecule has 1 atom stereocenters. The van der Waals surface area contributed by atoms with Crippen molar-refractivity contribution in [2.75, 3.05) is 23.1 Å². The molecule has 0 spiro atoms. The highest BCUT2D eigenvalue weighted by atomic mass is 32.2.